The predicted octanol–water partition coefficient (Wildman–Crippen LogP) is 21.7. The summed E-state index contributed by atoms with van der Waals surface area (Å²) in [6.45, 7) is 26.9. The highest BCUT2D eigenvalue weighted by Crippen LogP contribution is 2.49. The average molecular weight is 1700 g/mol. The highest BCUT2D eigenvalue weighted by molar-refractivity contribution is 7.24. The lowest BCUT2D eigenvalue weighted by Gasteiger charge is -2.53. The molecule has 0 amide bonds. The van der Waals surface area contributed by atoms with E-state index in [-0.39, 0.29) is 77.5 Å². The number of thiazole rings is 2. The molecule has 10 aliphatic rings. The van der Waals surface area contributed by atoms with Crippen molar-refractivity contribution in [1.82, 2.24) is 75.3 Å². The monoisotopic (exact) mass is 1700 g/mol. The molecule has 0 atom stereocenters. The number of imidazole rings is 4. The summed E-state index contributed by atoms with van der Waals surface area (Å²) in [4.78, 5) is 22.1. The minimum absolute atomic E-state index is 0.0515. The highest BCUT2D eigenvalue weighted by Gasteiger charge is 2.54. The van der Waals surface area contributed by atoms with Crippen LogP contribution in [-0.4, -0.2) is 131 Å². The summed E-state index contributed by atoms with van der Waals surface area (Å²) in [5.41, 5.74) is 28.6. The molecule has 0 saturated carbocycles. The molecular formula is C100H88B8N16O2S2. The topological polar surface area (TPSA) is 121 Å². The van der Waals surface area contributed by atoms with Crippen LogP contribution in [0.15, 0.2) is 325 Å². The van der Waals surface area contributed by atoms with Crippen LogP contribution in [0.2, 0.25) is 0 Å². The van der Waals surface area contributed by atoms with E-state index in [4.69, 9.17) is 28.8 Å². The summed E-state index contributed by atoms with van der Waals surface area (Å²) in [6, 6.07) is 51.8. The van der Waals surface area contributed by atoms with Crippen molar-refractivity contribution in [2.45, 2.75) is 105 Å². The van der Waals surface area contributed by atoms with Gasteiger partial charge in [0.05, 0.1) is 75.6 Å². The second-order valence-electron chi connectivity index (χ2n) is 39.2. The molecule has 0 spiro atoms. The molecule has 2 saturated heterocycles. The van der Waals surface area contributed by atoms with Crippen molar-refractivity contribution >= 4 is 209 Å². The normalized spacial score (nSPS) is 17.4. The van der Waals surface area contributed by atoms with Crippen molar-refractivity contribution in [3.8, 4) is 0 Å². The zero-order valence-corrected chi connectivity index (χ0v) is 75.1. The molecule has 18 nitrogen and oxygen atoms in total. The Morgan fingerprint density at radius 3 is 0.836 bits per heavy atom. The molecule has 128 heavy (non-hydrogen) atoms. The Hall–Kier alpha value is -13.6. The molecule has 2 fully saturated rings. The van der Waals surface area contributed by atoms with E-state index >= 15 is 0 Å². The van der Waals surface area contributed by atoms with Crippen LogP contribution in [0.5, 0.6) is 0 Å². The lowest BCUT2D eigenvalue weighted by molar-refractivity contribution is 0.584. The number of nitrogens with zero attached hydrogens (tertiary/aromatic N) is 16. The Bertz CT molecular complexity index is 7110. The van der Waals surface area contributed by atoms with Crippen LogP contribution in [0.25, 0.3) is 131 Å². The number of para-hydroxylation sites is 8. The van der Waals surface area contributed by atoms with E-state index in [1.807, 2.05) is 24.3 Å². The Kier molecular flexibility index (Phi) is 16.8. The first-order valence-electron chi connectivity index (χ1n) is 44.6. The number of aromatic nitrogens is 8. The summed E-state index contributed by atoms with van der Waals surface area (Å²) in [7, 11) is 0. The highest BCUT2D eigenvalue weighted by atomic mass is 32.1. The predicted molar refractivity (Wildman–Crippen MR) is 538 cm³/mol. The van der Waals surface area contributed by atoms with Crippen LogP contribution in [0.4, 0.5) is 0 Å². The van der Waals surface area contributed by atoms with E-state index in [9.17, 15) is 0 Å². The second kappa shape index (κ2) is 28.0. The summed E-state index contributed by atoms with van der Waals surface area (Å²) in [5.74, 6) is 20.4. The minimum Gasteiger partial charge on any atom is -0.423 e. The van der Waals surface area contributed by atoms with Gasteiger partial charge in [0.25, 0.3) is 0 Å². The van der Waals surface area contributed by atoms with E-state index < -0.39 is 0 Å². The number of hydrogen-bond donors (Lipinski definition) is 0. The fourth-order valence-electron chi connectivity index (χ4n) is 21.5. The van der Waals surface area contributed by atoms with Crippen LogP contribution in [0, 0.1) is 0 Å². The Labute approximate surface area is 753 Å². The Morgan fingerprint density at radius 2 is 0.523 bits per heavy atom. The van der Waals surface area contributed by atoms with Crippen molar-refractivity contribution in [1.29, 1.82) is 0 Å². The van der Waals surface area contributed by atoms with Gasteiger partial charge in [-0.15, -0.1) is 0 Å². The second-order valence-corrected chi connectivity index (χ2v) is 41.1. The SMILES string of the molecule is CC(C)(C)c1ccc2c(oc3nc4ccccc4n32)c1C1=CB2N3C=CC=CB3N3C=CC(c4c(C(C)(C)C)ccc5c4oc4nc6ccccc6n45)=CB3N3C=CC=CB3N2C=C1.CC(C)(C)c1ccc2c(sc3nc4ccccc4n32)c1C1=CB2N3C=CC=CB3N3C=CC(c4c(C(C)(C)C)ccc5c4sc4nc6ccccc6n45)=CB3N3C=CC=CB3N2C=C1. The zero-order chi connectivity index (χ0) is 86.4. The van der Waals surface area contributed by atoms with Crippen LogP contribution >= 0.6 is 22.7 Å². The van der Waals surface area contributed by atoms with Gasteiger partial charge < -0.3 is 46.6 Å². The van der Waals surface area contributed by atoms with Gasteiger partial charge in [-0.3, -0.25) is 17.6 Å². The van der Waals surface area contributed by atoms with Gasteiger partial charge in [0.15, 0.2) is 21.1 Å². The lowest BCUT2D eigenvalue weighted by atomic mass is 9.41. The van der Waals surface area contributed by atoms with Crippen molar-refractivity contribution in [2.24, 2.45) is 0 Å². The van der Waals surface area contributed by atoms with Crippen molar-refractivity contribution in [2.75, 3.05) is 0 Å². The van der Waals surface area contributed by atoms with Gasteiger partial charge in [0.2, 0.25) is 0 Å². The van der Waals surface area contributed by atoms with Gasteiger partial charge in [0, 0.05) is 22.3 Å². The van der Waals surface area contributed by atoms with Crippen molar-refractivity contribution in [3.63, 3.8) is 0 Å². The molecule has 8 aromatic heterocycles. The quantitative estimate of drug-likeness (QED) is 0.155. The maximum absolute atomic E-state index is 6.80. The summed E-state index contributed by atoms with van der Waals surface area (Å²) < 4.78 is 45.2. The van der Waals surface area contributed by atoms with Crippen molar-refractivity contribution in [3.05, 3.63) is 360 Å². The van der Waals surface area contributed by atoms with E-state index in [1.165, 1.54) is 65.0 Å². The number of fused-ring (bicyclic) bond motifs is 36. The van der Waals surface area contributed by atoms with E-state index in [2.05, 4.69) is 430 Å². The molecule has 28 heteroatoms. The molecule has 18 heterocycles. The molecule has 16 aromatic rings. The zero-order valence-electron chi connectivity index (χ0n) is 73.4. The molecule has 0 radical (unpaired) electrons. The van der Waals surface area contributed by atoms with Crippen molar-refractivity contribution < 1.29 is 8.83 Å². The first kappa shape index (κ1) is 76.8. The molecule has 0 bridgehead atoms. The van der Waals surface area contributed by atoms with Gasteiger partial charge >= 0.3 is 67.5 Å². The number of oxazole rings is 2. The molecule has 8 aromatic carbocycles. The number of hydrogen-bond acceptors (Lipinski definition) is 16. The van der Waals surface area contributed by atoms with E-state index in [0.29, 0.717) is 11.7 Å². The van der Waals surface area contributed by atoms with Crippen LogP contribution in [0.3, 0.4) is 0 Å². The number of allylic oxidation sites excluding steroid dienone is 16. The molecule has 0 N–H and O–H groups in total. The first-order chi connectivity index (χ1) is 62.0. The maximum atomic E-state index is 6.80. The first-order valence-corrected chi connectivity index (χ1v) is 46.2. The number of benzene rings is 8. The fourth-order valence-corrected chi connectivity index (χ4v) is 23.9. The molecule has 616 valence electrons. The van der Waals surface area contributed by atoms with Gasteiger partial charge in [0.1, 0.15) is 0 Å². The molecular weight excluding hydrogens is 1610 g/mol. The van der Waals surface area contributed by atoms with Gasteiger partial charge in [-0.1, -0.05) is 251 Å². The van der Waals surface area contributed by atoms with Gasteiger partial charge in [-0.05, 0) is 237 Å². The fraction of sp³-hybridized carbons (Fsp3) is 0.160. The average Bonchev–Trinajstić information content (AvgIpc) is 1.44. The maximum Gasteiger partial charge on any atom is 0.381 e. The van der Waals surface area contributed by atoms with Gasteiger partial charge in [-0.25, -0.2) is 9.97 Å². The molecule has 0 aliphatic carbocycles. The van der Waals surface area contributed by atoms with Gasteiger partial charge in [-0.2, -0.15) is 9.97 Å². The third kappa shape index (κ3) is 11.6. The van der Waals surface area contributed by atoms with Crippen LogP contribution < -0.4 is 0 Å². The Morgan fingerprint density at radius 1 is 0.258 bits per heavy atom. The van der Waals surface area contributed by atoms with E-state index in [0.717, 1.165) is 98.5 Å². The Balaban J connectivity index is 0.000000139. The smallest absolute Gasteiger partial charge is 0.381 e. The largest absolute Gasteiger partial charge is 0.423 e. The molecule has 26 rings (SSSR count). The molecule has 10 aliphatic heterocycles. The third-order valence-electron chi connectivity index (χ3n) is 27.3. The van der Waals surface area contributed by atoms with Crippen LogP contribution in [-0.2, 0) is 21.7 Å². The summed E-state index contributed by atoms with van der Waals surface area (Å²) >= 11 is 3.60. The standard InChI is InChI=1S/C50H44B4N8O2.C50H44B4N8S2/c2*1-49(2,3)35-19-21-41-45(63-47-55-37-15-7-9-17-39(37)61(41)47)43(35)33-23-29-59-52-26-12-14-28-58(52)54-32-34(24-30-60(54)51-25-11-13-27-57(51)53(59)31-33)44-36(50(4,5)6)20-22-42-46(44)64-48-56-38-16-8-10-18-40(38)62(42)48/h2*7-32H,1-6H3. The van der Waals surface area contributed by atoms with E-state index in [1.54, 1.807) is 22.7 Å². The lowest BCUT2D eigenvalue weighted by Crippen LogP contribution is -2.73. The summed E-state index contributed by atoms with van der Waals surface area (Å²) in [6.07, 6.45) is 45.1. The van der Waals surface area contributed by atoms with Crippen LogP contribution in [0.1, 0.15) is 128 Å². The minimum atomic E-state index is -0.155. The third-order valence-corrected chi connectivity index (χ3v) is 29.5. The molecule has 0 unspecified atom stereocenters. The summed E-state index contributed by atoms with van der Waals surface area (Å²) in [5, 5.41) is 0. The number of rotatable bonds is 4.